The van der Waals surface area contributed by atoms with Crippen LogP contribution >= 0.6 is 0 Å². The van der Waals surface area contributed by atoms with Gasteiger partial charge in [0.25, 0.3) is 0 Å². The quantitative estimate of drug-likeness (QED) is 0.763. The predicted molar refractivity (Wildman–Crippen MR) is 78.6 cm³/mol. The molecule has 0 radical (unpaired) electrons. The topological polar surface area (TPSA) is 81.4 Å². The van der Waals surface area contributed by atoms with Crippen LogP contribution in [0, 0.1) is 0 Å². The number of rotatable bonds is 8. The van der Waals surface area contributed by atoms with Crippen molar-refractivity contribution in [1.82, 2.24) is 15.0 Å². The number of anilines is 1. The molecule has 1 heterocycles. The fraction of sp³-hybridized carbons (Fsp3) is 0.429. The molecule has 114 valence electrons. The van der Waals surface area contributed by atoms with E-state index >= 15 is 0 Å². The van der Waals surface area contributed by atoms with Crippen molar-refractivity contribution in [3.05, 3.63) is 30.1 Å². The summed E-state index contributed by atoms with van der Waals surface area (Å²) in [6, 6.07) is 5.56. The van der Waals surface area contributed by atoms with Crippen molar-refractivity contribution in [3.63, 3.8) is 0 Å². The molecule has 0 aliphatic heterocycles. The number of hydrogen-bond donors (Lipinski definition) is 2. The van der Waals surface area contributed by atoms with E-state index in [2.05, 4.69) is 15.6 Å². The first-order valence-electron chi connectivity index (χ1n) is 6.72. The number of hydrogen-bond acceptors (Lipinski definition) is 6. The average Bonchev–Trinajstić information content (AvgIpc) is 2.98. The second-order valence-electron chi connectivity index (χ2n) is 4.47. The van der Waals surface area contributed by atoms with Gasteiger partial charge >= 0.3 is 0 Å². The number of benzene rings is 1. The van der Waals surface area contributed by atoms with Gasteiger partial charge in [-0.25, -0.2) is 0 Å². The van der Waals surface area contributed by atoms with Gasteiger partial charge in [-0.15, -0.1) is 5.10 Å². The van der Waals surface area contributed by atoms with Gasteiger partial charge in [0, 0.05) is 19.2 Å². The van der Waals surface area contributed by atoms with E-state index < -0.39 is 0 Å². The summed E-state index contributed by atoms with van der Waals surface area (Å²) in [5.74, 6) is 1.49. The van der Waals surface area contributed by atoms with E-state index in [0.717, 1.165) is 22.9 Å². The first-order chi connectivity index (χ1) is 10.3. The van der Waals surface area contributed by atoms with Crippen molar-refractivity contribution >= 4 is 5.69 Å². The van der Waals surface area contributed by atoms with Crippen LogP contribution < -0.4 is 14.8 Å². The molecule has 21 heavy (non-hydrogen) atoms. The van der Waals surface area contributed by atoms with Gasteiger partial charge in [-0.3, -0.25) is 4.68 Å². The summed E-state index contributed by atoms with van der Waals surface area (Å²) in [6.45, 7) is 1.34. The molecular formula is C14H20N4O3. The molecule has 2 rings (SSSR count). The number of ether oxygens (including phenoxy) is 2. The molecule has 0 atom stereocenters. The molecule has 1 aromatic carbocycles. The largest absolute Gasteiger partial charge is 0.497 e. The van der Waals surface area contributed by atoms with Gasteiger partial charge in [-0.2, -0.15) is 0 Å². The van der Waals surface area contributed by atoms with Crippen molar-refractivity contribution in [3.8, 4) is 11.5 Å². The number of aromatic nitrogens is 3. The number of methoxy groups -OCH3 is 2. The van der Waals surface area contributed by atoms with Crippen LogP contribution in [0.25, 0.3) is 0 Å². The highest BCUT2D eigenvalue weighted by molar-refractivity contribution is 5.59. The lowest BCUT2D eigenvalue weighted by molar-refractivity contribution is 0.276. The Bertz CT molecular complexity index is 571. The third-order valence-corrected chi connectivity index (χ3v) is 3.00. The van der Waals surface area contributed by atoms with Crippen molar-refractivity contribution in [2.45, 2.75) is 19.5 Å². The molecule has 0 saturated carbocycles. The second kappa shape index (κ2) is 7.49. The van der Waals surface area contributed by atoms with Crippen molar-refractivity contribution in [1.29, 1.82) is 0 Å². The minimum Gasteiger partial charge on any atom is -0.497 e. The van der Waals surface area contributed by atoms with E-state index in [-0.39, 0.29) is 6.61 Å². The molecule has 1 aromatic heterocycles. The van der Waals surface area contributed by atoms with Gasteiger partial charge < -0.3 is 19.9 Å². The van der Waals surface area contributed by atoms with E-state index in [9.17, 15) is 0 Å². The number of aliphatic hydroxyl groups excluding tert-OH is 1. The Hall–Kier alpha value is -2.28. The summed E-state index contributed by atoms with van der Waals surface area (Å²) in [4.78, 5) is 0. The summed E-state index contributed by atoms with van der Waals surface area (Å²) in [5.41, 5.74) is 1.65. The van der Waals surface area contributed by atoms with Crippen molar-refractivity contribution in [2.75, 3.05) is 26.1 Å². The molecule has 0 aliphatic rings. The Balaban J connectivity index is 2.00. The first-order valence-corrected chi connectivity index (χ1v) is 6.72. The van der Waals surface area contributed by atoms with E-state index in [1.54, 1.807) is 18.9 Å². The Kier molecular flexibility index (Phi) is 5.39. The lowest BCUT2D eigenvalue weighted by atomic mass is 10.2. The van der Waals surface area contributed by atoms with Crippen LogP contribution in [0.4, 0.5) is 5.69 Å². The highest BCUT2D eigenvalue weighted by Gasteiger charge is 2.06. The predicted octanol–water partition coefficient (Wildman–Crippen LogP) is 1.29. The maximum atomic E-state index is 8.79. The smallest absolute Gasteiger partial charge is 0.142 e. The summed E-state index contributed by atoms with van der Waals surface area (Å²) < 4.78 is 12.2. The van der Waals surface area contributed by atoms with Crippen LogP contribution in [-0.2, 0) is 13.1 Å². The van der Waals surface area contributed by atoms with Crippen LogP contribution in [-0.4, -0.2) is 40.9 Å². The van der Waals surface area contributed by atoms with Crippen LogP contribution in [0.2, 0.25) is 0 Å². The number of aryl methyl sites for hydroxylation is 1. The van der Waals surface area contributed by atoms with Crippen molar-refractivity contribution < 1.29 is 14.6 Å². The van der Waals surface area contributed by atoms with Gasteiger partial charge in [0.1, 0.15) is 17.2 Å². The molecule has 2 N–H and O–H groups in total. The summed E-state index contributed by atoms with van der Waals surface area (Å²) >= 11 is 0. The maximum absolute atomic E-state index is 8.79. The monoisotopic (exact) mass is 292 g/mol. The molecule has 7 nitrogen and oxygen atoms in total. The van der Waals surface area contributed by atoms with Crippen LogP contribution in [0.1, 0.15) is 12.1 Å². The second-order valence-corrected chi connectivity index (χ2v) is 4.47. The fourth-order valence-corrected chi connectivity index (χ4v) is 1.90. The Morgan fingerprint density at radius 1 is 1.29 bits per heavy atom. The first kappa shape index (κ1) is 15.1. The van der Waals surface area contributed by atoms with E-state index in [1.807, 2.05) is 24.4 Å². The van der Waals surface area contributed by atoms with Crippen LogP contribution in [0.15, 0.2) is 24.4 Å². The van der Waals surface area contributed by atoms with E-state index in [0.29, 0.717) is 19.5 Å². The average molecular weight is 292 g/mol. The summed E-state index contributed by atoms with van der Waals surface area (Å²) in [5, 5.41) is 20.1. The SMILES string of the molecule is COc1ccc(OC)c(NCc2cn(CCCO)nn2)c1. The van der Waals surface area contributed by atoms with Crippen LogP contribution in [0.5, 0.6) is 11.5 Å². The normalized spacial score (nSPS) is 10.4. The molecule has 0 unspecified atom stereocenters. The Morgan fingerprint density at radius 2 is 2.14 bits per heavy atom. The van der Waals surface area contributed by atoms with Gasteiger partial charge in [0.05, 0.1) is 32.6 Å². The number of nitrogens with zero attached hydrogens (tertiary/aromatic N) is 3. The van der Waals surface area contributed by atoms with E-state index in [1.165, 1.54) is 0 Å². The molecule has 0 spiro atoms. The molecule has 0 saturated heterocycles. The van der Waals surface area contributed by atoms with Gasteiger partial charge in [0.2, 0.25) is 0 Å². The van der Waals surface area contributed by atoms with E-state index in [4.69, 9.17) is 14.6 Å². The molecule has 7 heteroatoms. The Labute approximate surface area is 123 Å². The van der Waals surface area contributed by atoms with Crippen molar-refractivity contribution in [2.24, 2.45) is 0 Å². The number of aliphatic hydroxyl groups is 1. The minimum absolute atomic E-state index is 0.147. The molecule has 0 aliphatic carbocycles. The zero-order chi connectivity index (χ0) is 15.1. The molecule has 2 aromatic rings. The standard InChI is InChI=1S/C14H20N4O3/c1-20-12-4-5-14(21-2)13(8-12)15-9-11-10-18(17-16-11)6-3-7-19/h4-5,8,10,15,19H,3,6-7,9H2,1-2H3. The lowest BCUT2D eigenvalue weighted by Gasteiger charge is -2.11. The van der Waals surface area contributed by atoms with Gasteiger partial charge in [-0.05, 0) is 18.6 Å². The van der Waals surface area contributed by atoms with Gasteiger partial charge in [0.15, 0.2) is 0 Å². The third kappa shape index (κ3) is 4.09. The Morgan fingerprint density at radius 3 is 2.86 bits per heavy atom. The van der Waals surface area contributed by atoms with Crippen LogP contribution in [0.3, 0.4) is 0 Å². The lowest BCUT2D eigenvalue weighted by Crippen LogP contribution is -2.02. The fourth-order valence-electron chi connectivity index (χ4n) is 1.90. The van der Waals surface area contributed by atoms with Gasteiger partial charge in [-0.1, -0.05) is 5.21 Å². The molecule has 0 amide bonds. The zero-order valence-electron chi connectivity index (χ0n) is 12.2. The molecular weight excluding hydrogens is 272 g/mol. The summed E-state index contributed by atoms with van der Waals surface area (Å²) in [7, 11) is 3.25. The maximum Gasteiger partial charge on any atom is 0.142 e. The zero-order valence-corrected chi connectivity index (χ0v) is 12.2. The minimum atomic E-state index is 0.147. The third-order valence-electron chi connectivity index (χ3n) is 3.00. The number of nitrogens with one attached hydrogen (secondary N) is 1. The highest BCUT2D eigenvalue weighted by atomic mass is 16.5. The molecule has 0 bridgehead atoms. The highest BCUT2D eigenvalue weighted by Crippen LogP contribution is 2.29. The summed E-state index contributed by atoms with van der Waals surface area (Å²) in [6.07, 6.45) is 2.52. The molecule has 0 fully saturated rings.